The van der Waals surface area contributed by atoms with E-state index in [1.807, 2.05) is 19.1 Å². The molecule has 29 heavy (non-hydrogen) atoms. The molecule has 6 nitrogen and oxygen atoms in total. The lowest BCUT2D eigenvalue weighted by atomic mass is 10.0. The third kappa shape index (κ3) is 5.82. The minimum Gasteiger partial charge on any atom is -0.497 e. The monoisotopic (exact) mass is 400 g/mol. The summed E-state index contributed by atoms with van der Waals surface area (Å²) in [5, 5.41) is 3.86. The predicted molar refractivity (Wildman–Crippen MR) is 115 cm³/mol. The summed E-state index contributed by atoms with van der Waals surface area (Å²) in [6.07, 6.45) is 6.88. The van der Waals surface area contributed by atoms with Gasteiger partial charge in [0.15, 0.2) is 0 Å². The van der Waals surface area contributed by atoms with E-state index in [2.05, 4.69) is 10.2 Å². The lowest BCUT2D eigenvalue weighted by Crippen LogP contribution is -2.31. The lowest BCUT2D eigenvalue weighted by Gasteiger charge is -2.19. The minimum atomic E-state index is -0.378. The van der Waals surface area contributed by atoms with E-state index in [4.69, 9.17) is 9.15 Å². The smallest absolute Gasteiger partial charge is 0.339 e. The molecule has 1 aliphatic heterocycles. The normalized spacial score (nSPS) is 15.2. The summed E-state index contributed by atoms with van der Waals surface area (Å²) in [5.74, 6) is 0.627. The zero-order valence-electron chi connectivity index (χ0n) is 17.6. The number of ether oxygens (including phenoxy) is 1. The molecule has 0 atom stereocenters. The summed E-state index contributed by atoms with van der Waals surface area (Å²) in [5.41, 5.74) is 1.57. The van der Waals surface area contributed by atoms with Crippen LogP contribution in [0.1, 0.15) is 49.7 Å². The molecule has 6 heteroatoms. The van der Waals surface area contributed by atoms with Gasteiger partial charge in [-0.1, -0.05) is 12.8 Å². The summed E-state index contributed by atoms with van der Waals surface area (Å²) in [6.45, 7) is 5.98. The lowest BCUT2D eigenvalue weighted by molar-refractivity contribution is -0.121. The molecular formula is C23H32N2O4. The van der Waals surface area contributed by atoms with Crippen molar-refractivity contribution in [3.63, 3.8) is 0 Å². The number of rotatable bonds is 8. The van der Waals surface area contributed by atoms with Crippen LogP contribution < -0.4 is 15.7 Å². The van der Waals surface area contributed by atoms with Crippen molar-refractivity contribution in [3.8, 4) is 5.75 Å². The largest absolute Gasteiger partial charge is 0.497 e. The molecule has 1 amide bonds. The zero-order valence-corrected chi connectivity index (χ0v) is 17.6. The van der Waals surface area contributed by atoms with E-state index >= 15 is 0 Å². The SMILES string of the molecule is COc1ccc2c(C)c(CCC(=O)NCCCN3CCCCCC3)c(=O)oc2c1. The molecule has 1 N–H and O–H groups in total. The van der Waals surface area contributed by atoms with Gasteiger partial charge in [0.25, 0.3) is 0 Å². The maximum atomic E-state index is 12.4. The van der Waals surface area contributed by atoms with E-state index in [1.54, 1.807) is 13.2 Å². The first kappa shape index (κ1) is 21.4. The molecule has 0 bridgehead atoms. The van der Waals surface area contributed by atoms with E-state index in [9.17, 15) is 9.59 Å². The second-order valence-electron chi connectivity index (χ2n) is 7.81. The number of hydrogen-bond donors (Lipinski definition) is 1. The summed E-state index contributed by atoms with van der Waals surface area (Å²) < 4.78 is 10.6. The third-order valence-corrected chi connectivity index (χ3v) is 5.77. The highest BCUT2D eigenvalue weighted by Crippen LogP contribution is 2.24. The molecule has 1 aromatic heterocycles. The Balaban J connectivity index is 1.49. The molecule has 1 fully saturated rings. The molecule has 0 unspecified atom stereocenters. The van der Waals surface area contributed by atoms with Crippen molar-refractivity contribution in [2.75, 3.05) is 33.3 Å². The number of hydrogen-bond acceptors (Lipinski definition) is 5. The van der Waals surface area contributed by atoms with Crippen LogP contribution in [0.5, 0.6) is 5.75 Å². The fraction of sp³-hybridized carbons (Fsp3) is 0.565. The van der Waals surface area contributed by atoms with Gasteiger partial charge in [0.05, 0.1) is 7.11 Å². The summed E-state index contributed by atoms with van der Waals surface area (Å²) in [4.78, 5) is 27.1. The average Bonchev–Trinajstić information content (AvgIpc) is 2.99. The Labute approximate surface area is 172 Å². The number of nitrogens with zero attached hydrogens (tertiary/aromatic N) is 1. The van der Waals surface area contributed by atoms with Crippen LogP contribution in [0, 0.1) is 6.92 Å². The summed E-state index contributed by atoms with van der Waals surface area (Å²) >= 11 is 0. The van der Waals surface area contributed by atoms with E-state index in [0.717, 1.165) is 23.9 Å². The number of benzene rings is 1. The molecule has 158 valence electrons. The molecule has 0 saturated carbocycles. The standard InChI is InChI=1S/C23H32N2O4/c1-17-19-9-8-18(28-2)16-21(19)29-23(27)20(17)10-11-22(26)24-12-7-15-25-13-5-3-4-6-14-25/h8-9,16H,3-7,10-15H2,1-2H3,(H,24,26). The Morgan fingerprint density at radius 3 is 2.69 bits per heavy atom. The van der Waals surface area contributed by atoms with Crippen LogP contribution >= 0.6 is 0 Å². The van der Waals surface area contributed by atoms with Crippen LogP contribution in [0.4, 0.5) is 0 Å². The van der Waals surface area contributed by atoms with Gasteiger partial charge in [-0.05, 0) is 69.9 Å². The summed E-state index contributed by atoms with van der Waals surface area (Å²) in [7, 11) is 1.58. The van der Waals surface area contributed by atoms with Crippen molar-refractivity contribution in [2.45, 2.75) is 51.9 Å². The fourth-order valence-electron chi connectivity index (χ4n) is 4.01. The van der Waals surface area contributed by atoms with Gasteiger partial charge < -0.3 is 19.4 Å². The topological polar surface area (TPSA) is 71.8 Å². The van der Waals surface area contributed by atoms with Crippen molar-refractivity contribution in [1.82, 2.24) is 10.2 Å². The molecule has 0 radical (unpaired) electrons. The van der Waals surface area contributed by atoms with E-state index in [1.165, 1.54) is 38.8 Å². The third-order valence-electron chi connectivity index (χ3n) is 5.77. The fourth-order valence-corrected chi connectivity index (χ4v) is 4.01. The van der Waals surface area contributed by atoms with Gasteiger partial charge in [-0.3, -0.25) is 4.79 Å². The molecule has 0 aliphatic carbocycles. The van der Waals surface area contributed by atoms with Gasteiger partial charge >= 0.3 is 5.63 Å². The maximum Gasteiger partial charge on any atom is 0.339 e. The van der Waals surface area contributed by atoms with Crippen molar-refractivity contribution < 1.29 is 13.9 Å². The highest BCUT2D eigenvalue weighted by molar-refractivity contribution is 5.82. The van der Waals surface area contributed by atoms with E-state index < -0.39 is 0 Å². The molecule has 0 spiro atoms. The van der Waals surface area contributed by atoms with Crippen LogP contribution in [0.15, 0.2) is 27.4 Å². The van der Waals surface area contributed by atoms with Crippen LogP contribution in [-0.2, 0) is 11.2 Å². The van der Waals surface area contributed by atoms with Gasteiger partial charge in [-0.25, -0.2) is 4.79 Å². The Hall–Kier alpha value is -2.34. The van der Waals surface area contributed by atoms with Gasteiger partial charge in [-0.2, -0.15) is 0 Å². The number of carbonyl (C=O) groups excluding carboxylic acids is 1. The quantitative estimate of drug-likeness (QED) is 0.543. The number of aryl methyl sites for hydroxylation is 1. The Morgan fingerprint density at radius 2 is 1.97 bits per heavy atom. The molecule has 2 aromatic rings. The highest BCUT2D eigenvalue weighted by atomic mass is 16.5. The van der Waals surface area contributed by atoms with Crippen LogP contribution in [-0.4, -0.2) is 44.1 Å². The average molecular weight is 401 g/mol. The van der Waals surface area contributed by atoms with Gasteiger partial charge in [0, 0.05) is 30.0 Å². The zero-order chi connectivity index (χ0) is 20.6. The predicted octanol–water partition coefficient (Wildman–Crippen LogP) is 3.42. The minimum absolute atomic E-state index is 0.0190. The summed E-state index contributed by atoms with van der Waals surface area (Å²) in [6, 6.07) is 5.44. The highest BCUT2D eigenvalue weighted by Gasteiger charge is 2.14. The van der Waals surface area contributed by atoms with Crippen molar-refractivity contribution >= 4 is 16.9 Å². The molecule has 1 aromatic carbocycles. The molecule has 3 rings (SSSR count). The number of carbonyl (C=O) groups is 1. The van der Waals surface area contributed by atoms with Gasteiger partial charge in [0.1, 0.15) is 11.3 Å². The van der Waals surface area contributed by atoms with Crippen LogP contribution in [0.3, 0.4) is 0 Å². The Bertz CT molecular complexity index is 882. The molecule has 1 aliphatic rings. The maximum absolute atomic E-state index is 12.4. The Kier molecular flexibility index (Phi) is 7.69. The molecule has 1 saturated heterocycles. The van der Waals surface area contributed by atoms with Crippen LogP contribution in [0.25, 0.3) is 11.0 Å². The number of amides is 1. The molecular weight excluding hydrogens is 368 g/mol. The first-order valence-electron chi connectivity index (χ1n) is 10.7. The van der Waals surface area contributed by atoms with E-state index in [0.29, 0.717) is 29.9 Å². The number of methoxy groups -OCH3 is 1. The number of fused-ring (bicyclic) bond motifs is 1. The van der Waals surface area contributed by atoms with Crippen molar-refractivity contribution in [2.24, 2.45) is 0 Å². The second-order valence-corrected chi connectivity index (χ2v) is 7.81. The van der Waals surface area contributed by atoms with Gasteiger partial charge in [0.2, 0.25) is 5.91 Å². The number of nitrogens with one attached hydrogen (secondary N) is 1. The second kappa shape index (κ2) is 10.4. The van der Waals surface area contributed by atoms with Gasteiger partial charge in [-0.15, -0.1) is 0 Å². The van der Waals surface area contributed by atoms with Crippen molar-refractivity contribution in [1.29, 1.82) is 0 Å². The Morgan fingerprint density at radius 1 is 1.21 bits per heavy atom. The first-order valence-corrected chi connectivity index (χ1v) is 10.7. The number of likely N-dealkylation sites (tertiary alicyclic amines) is 1. The molecule has 2 heterocycles. The first-order chi connectivity index (χ1) is 14.1. The van der Waals surface area contributed by atoms with E-state index in [-0.39, 0.29) is 18.0 Å². The van der Waals surface area contributed by atoms with Crippen LogP contribution in [0.2, 0.25) is 0 Å². The van der Waals surface area contributed by atoms with Crippen molar-refractivity contribution in [3.05, 3.63) is 39.7 Å².